The van der Waals surface area contributed by atoms with Crippen LogP contribution in [-0.2, 0) is 6.61 Å². The molecule has 0 bridgehead atoms. The molecule has 2 heterocycles. The van der Waals surface area contributed by atoms with Gasteiger partial charge in [0.15, 0.2) is 0 Å². The first-order valence-electron chi connectivity index (χ1n) is 9.33. The Labute approximate surface area is 194 Å². The van der Waals surface area contributed by atoms with Crippen molar-refractivity contribution < 1.29 is 14.3 Å². The van der Waals surface area contributed by atoms with Crippen LogP contribution in [0.1, 0.15) is 26.3 Å². The third-order valence-corrected chi connectivity index (χ3v) is 7.57. The number of carbonyl (C=O) groups is 2. The van der Waals surface area contributed by atoms with Gasteiger partial charge in [-0.05, 0) is 17.7 Å². The van der Waals surface area contributed by atoms with Gasteiger partial charge in [0.1, 0.15) is 21.0 Å². The Balaban J connectivity index is 1.71. The number of para-hydroxylation sites is 1. The average Bonchev–Trinajstić information content (AvgIpc) is 3.39. The number of benzene rings is 2. The van der Waals surface area contributed by atoms with Crippen molar-refractivity contribution in [2.75, 3.05) is 24.6 Å². The van der Waals surface area contributed by atoms with Crippen molar-refractivity contribution in [3.05, 3.63) is 65.2 Å². The maximum atomic E-state index is 13.2. The van der Waals surface area contributed by atoms with Crippen LogP contribution in [-0.4, -0.2) is 54.9 Å². The second kappa shape index (κ2) is 9.47. The predicted molar refractivity (Wildman–Crippen MR) is 129 cm³/mol. The van der Waals surface area contributed by atoms with Crippen molar-refractivity contribution in [1.29, 1.82) is 0 Å². The number of amides is 2. The summed E-state index contributed by atoms with van der Waals surface area (Å²) in [7, 11) is 0. The Hall–Kier alpha value is -1.94. The molecule has 0 saturated carbocycles. The largest absolute Gasteiger partial charge is 0.487 e. The molecule has 30 heavy (non-hydrogen) atoms. The van der Waals surface area contributed by atoms with Crippen LogP contribution in [0, 0.1) is 0 Å². The van der Waals surface area contributed by atoms with Gasteiger partial charge >= 0.3 is 0 Å². The van der Waals surface area contributed by atoms with E-state index in [9.17, 15) is 9.59 Å². The van der Waals surface area contributed by atoms with E-state index in [1.807, 2.05) is 30.3 Å². The van der Waals surface area contributed by atoms with Gasteiger partial charge in [0.25, 0.3) is 11.8 Å². The standard InChI is InChI=1S/C21H18N2O3S4/c24-18(22-9-11-29-20(22)27)15-7-4-8-16(19(25)23-10-12-30-21(23)28)17(15)26-13-14-5-2-1-3-6-14/h1-8H,9-13H2. The minimum Gasteiger partial charge on any atom is -0.487 e. The monoisotopic (exact) mass is 474 g/mol. The van der Waals surface area contributed by atoms with Gasteiger partial charge in [-0.25, -0.2) is 0 Å². The van der Waals surface area contributed by atoms with Gasteiger partial charge in [0.2, 0.25) is 0 Å². The van der Waals surface area contributed by atoms with E-state index >= 15 is 0 Å². The molecule has 0 radical (unpaired) electrons. The van der Waals surface area contributed by atoms with Crippen molar-refractivity contribution in [2.24, 2.45) is 0 Å². The fourth-order valence-electron chi connectivity index (χ4n) is 3.21. The minimum absolute atomic E-state index is 0.240. The van der Waals surface area contributed by atoms with Crippen LogP contribution < -0.4 is 4.74 Å². The fraction of sp³-hybridized carbons (Fsp3) is 0.238. The van der Waals surface area contributed by atoms with Crippen molar-refractivity contribution in [3.63, 3.8) is 0 Å². The van der Waals surface area contributed by atoms with Crippen molar-refractivity contribution in [1.82, 2.24) is 9.80 Å². The van der Waals surface area contributed by atoms with Crippen LogP contribution in [0.2, 0.25) is 0 Å². The molecule has 0 aromatic heterocycles. The number of hydrogen-bond acceptors (Lipinski definition) is 7. The summed E-state index contributed by atoms with van der Waals surface area (Å²) in [5, 5.41) is 0. The van der Waals surface area contributed by atoms with E-state index in [0.717, 1.165) is 17.1 Å². The van der Waals surface area contributed by atoms with Crippen molar-refractivity contribution in [3.8, 4) is 5.75 Å². The Morgan fingerprint density at radius 3 is 1.83 bits per heavy atom. The van der Waals surface area contributed by atoms with Crippen LogP contribution in [0.3, 0.4) is 0 Å². The minimum atomic E-state index is -0.249. The highest BCUT2D eigenvalue weighted by atomic mass is 32.2. The number of thiocarbonyl (C=S) groups is 2. The molecule has 4 rings (SSSR count). The second-order valence-electron chi connectivity index (χ2n) is 6.60. The van der Waals surface area contributed by atoms with Gasteiger partial charge in [-0.15, -0.1) is 0 Å². The topological polar surface area (TPSA) is 49.9 Å². The summed E-state index contributed by atoms with van der Waals surface area (Å²) < 4.78 is 7.18. The maximum absolute atomic E-state index is 13.2. The molecule has 0 spiro atoms. The third kappa shape index (κ3) is 4.39. The van der Waals surface area contributed by atoms with Gasteiger partial charge < -0.3 is 4.74 Å². The molecule has 2 aliphatic heterocycles. The van der Waals surface area contributed by atoms with Gasteiger partial charge in [-0.1, -0.05) is 84.4 Å². The van der Waals surface area contributed by atoms with Crippen molar-refractivity contribution >= 4 is 68.4 Å². The molecule has 9 heteroatoms. The van der Waals surface area contributed by atoms with Gasteiger partial charge in [0.05, 0.1) is 11.1 Å². The Bertz CT molecular complexity index is 956. The lowest BCUT2D eigenvalue weighted by Crippen LogP contribution is -2.33. The third-order valence-electron chi connectivity index (χ3n) is 4.71. The second-order valence-corrected chi connectivity index (χ2v) is 10.1. The van der Waals surface area contributed by atoms with Gasteiger partial charge in [-0.2, -0.15) is 0 Å². The summed E-state index contributed by atoms with van der Waals surface area (Å²) in [5.41, 5.74) is 1.61. The highest BCUT2D eigenvalue weighted by molar-refractivity contribution is 8.23. The summed E-state index contributed by atoms with van der Waals surface area (Å²) in [5.74, 6) is 1.31. The SMILES string of the molecule is O=C(c1cccc(C(=O)N2CCSC2=S)c1OCc1ccccc1)N1CCSC1=S. The Morgan fingerprint density at radius 2 is 1.37 bits per heavy atom. The highest BCUT2D eigenvalue weighted by Gasteiger charge is 2.32. The van der Waals surface area contributed by atoms with E-state index in [2.05, 4.69) is 0 Å². The fourth-order valence-corrected chi connectivity index (χ4v) is 5.61. The first-order valence-corrected chi connectivity index (χ1v) is 12.1. The van der Waals surface area contributed by atoms with Crippen LogP contribution in [0.15, 0.2) is 48.5 Å². The molecule has 0 atom stereocenters. The summed E-state index contributed by atoms with van der Waals surface area (Å²) >= 11 is 13.6. The molecular weight excluding hydrogens is 457 g/mol. The molecule has 154 valence electrons. The number of ether oxygens (including phenoxy) is 1. The molecule has 2 amide bonds. The predicted octanol–water partition coefficient (Wildman–Crippen LogP) is 4.21. The molecule has 2 aromatic carbocycles. The lowest BCUT2D eigenvalue weighted by atomic mass is 10.1. The van der Waals surface area contributed by atoms with E-state index in [1.54, 1.807) is 28.0 Å². The number of hydrogen-bond donors (Lipinski definition) is 0. The zero-order chi connectivity index (χ0) is 21.1. The molecule has 2 aliphatic rings. The van der Waals surface area contributed by atoms with Crippen LogP contribution in [0.25, 0.3) is 0 Å². The summed E-state index contributed by atoms with van der Waals surface area (Å²) in [4.78, 5) is 29.6. The highest BCUT2D eigenvalue weighted by Crippen LogP contribution is 2.31. The number of carbonyl (C=O) groups excluding carboxylic acids is 2. The molecule has 5 nitrogen and oxygen atoms in total. The van der Waals surface area contributed by atoms with Crippen molar-refractivity contribution in [2.45, 2.75) is 6.61 Å². The number of thioether (sulfide) groups is 2. The molecule has 2 fully saturated rings. The molecule has 2 saturated heterocycles. The Kier molecular flexibility index (Phi) is 6.72. The maximum Gasteiger partial charge on any atom is 0.263 e. The first-order chi connectivity index (χ1) is 14.6. The normalized spacial score (nSPS) is 16.3. The lowest BCUT2D eigenvalue weighted by Gasteiger charge is -2.21. The molecule has 0 N–H and O–H groups in total. The zero-order valence-electron chi connectivity index (χ0n) is 15.9. The summed E-state index contributed by atoms with van der Waals surface area (Å²) in [6.45, 7) is 1.33. The van der Waals surface area contributed by atoms with Gasteiger partial charge in [0, 0.05) is 24.6 Å². The molecule has 0 aliphatic carbocycles. The van der Waals surface area contributed by atoms with E-state index in [-0.39, 0.29) is 24.2 Å². The average molecular weight is 475 g/mol. The van der Waals surface area contributed by atoms with E-state index in [1.165, 1.54) is 23.5 Å². The van der Waals surface area contributed by atoms with E-state index < -0.39 is 0 Å². The zero-order valence-corrected chi connectivity index (χ0v) is 19.2. The lowest BCUT2D eigenvalue weighted by molar-refractivity contribution is 0.0852. The Morgan fingerprint density at radius 1 is 0.833 bits per heavy atom. The number of rotatable bonds is 5. The first kappa shape index (κ1) is 21.3. The quantitative estimate of drug-likeness (QED) is 0.602. The molecule has 2 aromatic rings. The molecular formula is C21H18N2O3S4. The summed E-state index contributed by atoms with van der Waals surface area (Å²) in [6.07, 6.45) is 0. The number of nitrogens with zero attached hydrogens (tertiary/aromatic N) is 2. The van der Waals surface area contributed by atoms with Crippen LogP contribution in [0.4, 0.5) is 0 Å². The summed E-state index contributed by atoms with van der Waals surface area (Å²) in [6, 6.07) is 14.7. The molecule has 0 unspecified atom stereocenters. The van der Waals surface area contributed by atoms with E-state index in [4.69, 9.17) is 29.2 Å². The van der Waals surface area contributed by atoms with Crippen LogP contribution in [0.5, 0.6) is 5.75 Å². The smallest absolute Gasteiger partial charge is 0.263 e. The van der Waals surface area contributed by atoms with E-state index in [0.29, 0.717) is 32.9 Å². The van der Waals surface area contributed by atoms with Crippen LogP contribution >= 0.6 is 48.0 Å². The van der Waals surface area contributed by atoms with Gasteiger partial charge in [-0.3, -0.25) is 19.4 Å².